The Balaban J connectivity index is 1.67. The minimum absolute atomic E-state index is 0.422. The zero-order valence-corrected chi connectivity index (χ0v) is 12.1. The number of carbonyl (C=O) groups is 1. The van der Waals surface area contributed by atoms with Gasteiger partial charge in [-0.2, -0.15) is 0 Å². The van der Waals surface area contributed by atoms with Crippen molar-refractivity contribution in [3.05, 3.63) is 41.5 Å². The highest BCUT2D eigenvalue weighted by Gasteiger charge is 2.30. The number of rotatable bonds is 2. The molecule has 2 aliphatic rings. The molecule has 0 bridgehead atoms. The van der Waals surface area contributed by atoms with E-state index < -0.39 is 28.9 Å². The maximum atomic E-state index is 13.8. The van der Waals surface area contributed by atoms with Gasteiger partial charge in [-0.25, -0.2) is 8.78 Å². The first-order valence-electron chi connectivity index (χ1n) is 7.42. The Kier molecular flexibility index (Phi) is 4.11. The van der Waals surface area contributed by atoms with Gasteiger partial charge in [0.15, 0.2) is 0 Å². The largest absolute Gasteiger partial charge is 0.507 e. The molecule has 22 heavy (non-hydrogen) atoms. The summed E-state index contributed by atoms with van der Waals surface area (Å²) in [4.78, 5) is 16.2. The van der Waals surface area contributed by atoms with E-state index in [2.05, 4.69) is 17.1 Å². The van der Waals surface area contributed by atoms with Crippen molar-refractivity contribution in [2.24, 2.45) is 0 Å². The fraction of sp³-hybridized carbons (Fsp3) is 0.438. The maximum Gasteiger partial charge on any atom is 0.260 e. The molecular weight excluding hydrogens is 290 g/mol. The van der Waals surface area contributed by atoms with Gasteiger partial charge in [0.1, 0.15) is 22.9 Å². The van der Waals surface area contributed by atoms with Crippen molar-refractivity contribution in [3.63, 3.8) is 0 Å². The number of nitrogens with zero attached hydrogens (tertiary/aromatic N) is 2. The van der Waals surface area contributed by atoms with Gasteiger partial charge >= 0.3 is 0 Å². The monoisotopic (exact) mass is 308 g/mol. The van der Waals surface area contributed by atoms with Crippen LogP contribution in [0.1, 0.15) is 23.2 Å². The molecular formula is C16H18F2N2O2. The summed E-state index contributed by atoms with van der Waals surface area (Å²) in [5.74, 6) is -3.14. The number of aromatic hydroxyl groups is 1. The van der Waals surface area contributed by atoms with E-state index in [4.69, 9.17) is 0 Å². The molecule has 1 aromatic carbocycles. The molecule has 2 heterocycles. The summed E-state index contributed by atoms with van der Waals surface area (Å²) in [5, 5.41) is 9.65. The van der Waals surface area contributed by atoms with E-state index in [1.807, 2.05) is 0 Å². The Bertz CT molecular complexity index is 579. The summed E-state index contributed by atoms with van der Waals surface area (Å²) < 4.78 is 26.8. The Morgan fingerprint density at radius 3 is 2.36 bits per heavy atom. The number of hydrogen-bond donors (Lipinski definition) is 1. The molecule has 118 valence electrons. The predicted molar refractivity (Wildman–Crippen MR) is 77.7 cm³/mol. The van der Waals surface area contributed by atoms with Gasteiger partial charge in [-0.05, 0) is 12.8 Å². The lowest BCUT2D eigenvalue weighted by molar-refractivity contribution is 0.0641. The summed E-state index contributed by atoms with van der Waals surface area (Å²) in [6, 6.07) is 1.81. The number of hydrogen-bond acceptors (Lipinski definition) is 3. The molecule has 1 N–H and O–H groups in total. The van der Waals surface area contributed by atoms with Crippen LogP contribution in [0.25, 0.3) is 0 Å². The molecule has 0 spiro atoms. The van der Waals surface area contributed by atoms with Crippen molar-refractivity contribution in [2.75, 3.05) is 26.2 Å². The fourth-order valence-corrected chi connectivity index (χ4v) is 3.16. The summed E-state index contributed by atoms with van der Waals surface area (Å²) in [6.07, 6.45) is 5.89. The van der Waals surface area contributed by atoms with E-state index in [1.54, 1.807) is 0 Å². The van der Waals surface area contributed by atoms with Crippen LogP contribution in [0, 0.1) is 11.6 Å². The van der Waals surface area contributed by atoms with Crippen molar-refractivity contribution in [1.82, 2.24) is 9.80 Å². The van der Waals surface area contributed by atoms with Gasteiger partial charge in [0.2, 0.25) is 0 Å². The molecule has 0 aliphatic carbocycles. The van der Waals surface area contributed by atoms with Crippen LogP contribution in [-0.4, -0.2) is 53.0 Å². The number of halogens is 2. The number of piperidine rings is 1. The molecule has 0 atom stereocenters. The third kappa shape index (κ3) is 2.83. The molecule has 1 aromatic rings. The van der Waals surface area contributed by atoms with E-state index in [0.29, 0.717) is 25.2 Å². The van der Waals surface area contributed by atoms with Crippen LogP contribution in [0.15, 0.2) is 24.3 Å². The lowest BCUT2D eigenvalue weighted by atomic mass is 10.0. The first-order valence-corrected chi connectivity index (χ1v) is 7.42. The average Bonchev–Trinajstić information content (AvgIpc) is 3.00. The SMILES string of the molecule is O=C(c1c(O)cc(F)cc1F)N1CCC(N2CC=CC2)CC1. The standard InChI is InChI=1S/C16H18F2N2O2/c17-11-9-13(18)15(14(21)10-11)16(22)20-7-3-12(4-8-20)19-5-1-2-6-19/h1-2,9-10,12,21H,3-8H2. The zero-order chi connectivity index (χ0) is 15.7. The Hall–Kier alpha value is -1.95. The van der Waals surface area contributed by atoms with Gasteiger partial charge in [0.25, 0.3) is 5.91 Å². The van der Waals surface area contributed by atoms with Crippen LogP contribution in [-0.2, 0) is 0 Å². The van der Waals surface area contributed by atoms with Gasteiger partial charge in [-0.1, -0.05) is 12.2 Å². The molecule has 1 saturated heterocycles. The quantitative estimate of drug-likeness (QED) is 0.851. The van der Waals surface area contributed by atoms with Crippen molar-refractivity contribution >= 4 is 5.91 Å². The third-order valence-corrected chi connectivity index (χ3v) is 4.36. The first-order chi connectivity index (χ1) is 10.6. The number of benzene rings is 1. The molecule has 0 unspecified atom stereocenters. The topological polar surface area (TPSA) is 43.8 Å². The molecule has 0 aromatic heterocycles. The lowest BCUT2D eigenvalue weighted by Gasteiger charge is -2.36. The molecule has 1 fully saturated rings. The van der Waals surface area contributed by atoms with Crippen LogP contribution in [0.3, 0.4) is 0 Å². The number of phenols is 1. The molecule has 3 rings (SSSR count). The average molecular weight is 308 g/mol. The molecule has 2 aliphatic heterocycles. The van der Waals surface area contributed by atoms with Gasteiger partial charge in [-0.3, -0.25) is 9.69 Å². The normalized spacial score (nSPS) is 19.8. The lowest BCUT2D eigenvalue weighted by Crippen LogP contribution is -2.46. The zero-order valence-electron chi connectivity index (χ0n) is 12.1. The van der Waals surface area contributed by atoms with Crippen LogP contribution >= 0.6 is 0 Å². The van der Waals surface area contributed by atoms with Crippen molar-refractivity contribution in [2.45, 2.75) is 18.9 Å². The highest BCUT2D eigenvalue weighted by molar-refractivity contribution is 5.97. The van der Waals surface area contributed by atoms with Gasteiger partial charge in [0, 0.05) is 44.4 Å². The van der Waals surface area contributed by atoms with E-state index >= 15 is 0 Å². The first kappa shape index (κ1) is 15.0. The second kappa shape index (κ2) is 6.04. The minimum Gasteiger partial charge on any atom is -0.507 e. The smallest absolute Gasteiger partial charge is 0.260 e. The van der Waals surface area contributed by atoms with Gasteiger partial charge in [-0.15, -0.1) is 0 Å². The summed E-state index contributed by atoms with van der Waals surface area (Å²) in [7, 11) is 0. The molecule has 0 saturated carbocycles. The molecule has 4 nitrogen and oxygen atoms in total. The second-order valence-corrected chi connectivity index (χ2v) is 5.73. The van der Waals surface area contributed by atoms with E-state index in [9.17, 15) is 18.7 Å². The number of phenolic OH excluding ortho intramolecular Hbond substituents is 1. The van der Waals surface area contributed by atoms with E-state index in [-0.39, 0.29) is 0 Å². The minimum atomic E-state index is -1.02. The van der Waals surface area contributed by atoms with Crippen molar-refractivity contribution < 1.29 is 18.7 Å². The number of carbonyl (C=O) groups excluding carboxylic acids is 1. The van der Waals surface area contributed by atoms with Crippen molar-refractivity contribution in [1.29, 1.82) is 0 Å². The number of likely N-dealkylation sites (tertiary alicyclic amines) is 1. The summed E-state index contributed by atoms with van der Waals surface area (Å²) in [5.41, 5.74) is -0.442. The molecule has 0 radical (unpaired) electrons. The predicted octanol–water partition coefficient (Wildman–Crippen LogP) is 2.15. The second-order valence-electron chi connectivity index (χ2n) is 5.73. The van der Waals surface area contributed by atoms with Crippen LogP contribution < -0.4 is 0 Å². The molecule has 1 amide bonds. The van der Waals surface area contributed by atoms with Gasteiger partial charge in [0.05, 0.1) is 0 Å². The summed E-state index contributed by atoms with van der Waals surface area (Å²) in [6.45, 7) is 2.89. The van der Waals surface area contributed by atoms with Crippen LogP contribution in [0.2, 0.25) is 0 Å². The Labute approximate surface area is 127 Å². The molecule has 6 heteroatoms. The van der Waals surface area contributed by atoms with Crippen LogP contribution in [0.5, 0.6) is 5.75 Å². The highest BCUT2D eigenvalue weighted by atomic mass is 19.1. The fourth-order valence-electron chi connectivity index (χ4n) is 3.16. The highest BCUT2D eigenvalue weighted by Crippen LogP contribution is 2.26. The maximum absolute atomic E-state index is 13.8. The Morgan fingerprint density at radius 2 is 1.77 bits per heavy atom. The Morgan fingerprint density at radius 1 is 1.14 bits per heavy atom. The summed E-state index contributed by atoms with van der Waals surface area (Å²) >= 11 is 0. The van der Waals surface area contributed by atoms with E-state index in [1.165, 1.54) is 4.90 Å². The van der Waals surface area contributed by atoms with E-state index in [0.717, 1.165) is 32.0 Å². The number of amides is 1. The van der Waals surface area contributed by atoms with Crippen LogP contribution in [0.4, 0.5) is 8.78 Å². The van der Waals surface area contributed by atoms with Gasteiger partial charge < -0.3 is 10.0 Å². The van der Waals surface area contributed by atoms with Crippen molar-refractivity contribution in [3.8, 4) is 5.75 Å². The third-order valence-electron chi connectivity index (χ3n) is 4.36.